The summed E-state index contributed by atoms with van der Waals surface area (Å²) >= 11 is 0. The molecule has 5 heteroatoms. The van der Waals surface area contributed by atoms with E-state index in [1.54, 1.807) is 17.0 Å². The molecule has 0 spiro atoms. The van der Waals surface area contributed by atoms with E-state index < -0.39 is 11.6 Å². The fraction of sp³-hybridized carbons (Fsp3) is 0.467. The molecule has 0 saturated carbocycles. The van der Waals surface area contributed by atoms with Crippen molar-refractivity contribution in [1.82, 2.24) is 4.90 Å². The molecule has 2 rings (SSSR count). The van der Waals surface area contributed by atoms with E-state index in [1.165, 1.54) is 7.11 Å². The SMILES string of the molecule is COC1(C(=O)O)CCCN(C(=O)c2ccc(C)cc2)C1. The second-order valence-electron chi connectivity index (χ2n) is 5.20. The lowest BCUT2D eigenvalue weighted by molar-refractivity contribution is -0.167. The lowest BCUT2D eigenvalue weighted by Gasteiger charge is -2.38. The van der Waals surface area contributed by atoms with Crippen molar-refractivity contribution >= 4 is 11.9 Å². The van der Waals surface area contributed by atoms with Gasteiger partial charge >= 0.3 is 5.97 Å². The number of nitrogens with zero attached hydrogens (tertiary/aromatic N) is 1. The van der Waals surface area contributed by atoms with Crippen LogP contribution in [0.3, 0.4) is 0 Å². The van der Waals surface area contributed by atoms with Crippen LogP contribution in [0.2, 0.25) is 0 Å². The number of aliphatic carboxylic acids is 1. The third-order valence-corrected chi connectivity index (χ3v) is 3.82. The van der Waals surface area contributed by atoms with Crippen molar-refractivity contribution in [2.24, 2.45) is 0 Å². The predicted molar refractivity (Wildman–Crippen MR) is 73.7 cm³/mol. The smallest absolute Gasteiger partial charge is 0.337 e. The molecule has 5 nitrogen and oxygen atoms in total. The van der Waals surface area contributed by atoms with Gasteiger partial charge in [-0.2, -0.15) is 0 Å². The van der Waals surface area contributed by atoms with E-state index in [2.05, 4.69) is 0 Å². The summed E-state index contributed by atoms with van der Waals surface area (Å²) in [6.45, 7) is 2.60. The molecule has 108 valence electrons. The number of hydrogen-bond donors (Lipinski definition) is 1. The summed E-state index contributed by atoms with van der Waals surface area (Å²) in [6.07, 6.45) is 1.05. The van der Waals surface area contributed by atoms with Gasteiger partial charge in [-0.25, -0.2) is 4.79 Å². The molecule has 1 N–H and O–H groups in total. The van der Waals surface area contributed by atoms with Gasteiger partial charge in [0.2, 0.25) is 0 Å². The van der Waals surface area contributed by atoms with Gasteiger partial charge in [-0.1, -0.05) is 17.7 Å². The van der Waals surface area contributed by atoms with E-state index in [9.17, 15) is 14.7 Å². The summed E-state index contributed by atoms with van der Waals surface area (Å²) in [5.74, 6) is -1.16. The average molecular weight is 277 g/mol. The molecule has 1 fully saturated rings. The summed E-state index contributed by atoms with van der Waals surface area (Å²) in [4.78, 5) is 25.4. The van der Waals surface area contributed by atoms with Crippen LogP contribution in [0.25, 0.3) is 0 Å². The van der Waals surface area contributed by atoms with Crippen LogP contribution in [0.5, 0.6) is 0 Å². The quantitative estimate of drug-likeness (QED) is 0.913. The van der Waals surface area contributed by atoms with Gasteiger partial charge < -0.3 is 14.7 Å². The minimum absolute atomic E-state index is 0.0888. The molecule has 0 bridgehead atoms. The fourth-order valence-corrected chi connectivity index (χ4v) is 2.50. The Balaban J connectivity index is 2.18. The molecule has 0 aromatic heterocycles. The number of rotatable bonds is 3. The fourth-order valence-electron chi connectivity index (χ4n) is 2.50. The van der Waals surface area contributed by atoms with Crippen LogP contribution in [-0.2, 0) is 9.53 Å². The van der Waals surface area contributed by atoms with E-state index in [-0.39, 0.29) is 12.5 Å². The number of hydrogen-bond acceptors (Lipinski definition) is 3. The highest BCUT2D eigenvalue weighted by molar-refractivity contribution is 5.95. The van der Waals surface area contributed by atoms with Crippen molar-refractivity contribution in [3.63, 3.8) is 0 Å². The third-order valence-electron chi connectivity index (χ3n) is 3.82. The Labute approximate surface area is 118 Å². The number of likely N-dealkylation sites (tertiary alicyclic amines) is 1. The molecule has 0 aliphatic carbocycles. The van der Waals surface area contributed by atoms with Crippen LogP contribution in [0, 0.1) is 6.92 Å². The summed E-state index contributed by atoms with van der Waals surface area (Å²) in [7, 11) is 1.38. The molecule has 1 atom stereocenters. The number of carbonyl (C=O) groups is 2. The normalized spacial score (nSPS) is 22.6. The first kappa shape index (κ1) is 14.5. The Morgan fingerprint density at radius 2 is 1.95 bits per heavy atom. The number of carboxylic acid groups (broad SMARTS) is 1. The van der Waals surface area contributed by atoms with Crippen LogP contribution in [-0.4, -0.2) is 47.7 Å². The zero-order valence-electron chi connectivity index (χ0n) is 11.8. The second-order valence-corrected chi connectivity index (χ2v) is 5.20. The molecule has 0 radical (unpaired) electrons. The van der Waals surface area contributed by atoms with Crippen molar-refractivity contribution in [3.8, 4) is 0 Å². The van der Waals surface area contributed by atoms with Gasteiger partial charge in [0.05, 0.1) is 6.54 Å². The van der Waals surface area contributed by atoms with Gasteiger partial charge in [0.1, 0.15) is 0 Å². The number of piperidine rings is 1. The first-order valence-corrected chi connectivity index (χ1v) is 6.63. The molecular formula is C15H19NO4. The largest absolute Gasteiger partial charge is 0.479 e. The maximum atomic E-state index is 12.4. The molecule has 1 unspecified atom stereocenters. The molecule has 1 aromatic rings. The standard InChI is InChI=1S/C15H19NO4/c1-11-4-6-12(7-5-11)13(17)16-9-3-8-15(10-16,20-2)14(18)19/h4-7H,3,8-10H2,1-2H3,(H,18,19). The summed E-state index contributed by atoms with van der Waals surface area (Å²) in [6, 6.07) is 7.28. The molecule has 1 aliphatic rings. The van der Waals surface area contributed by atoms with E-state index in [0.29, 0.717) is 24.9 Å². The van der Waals surface area contributed by atoms with Gasteiger partial charge in [0.15, 0.2) is 5.60 Å². The number of amides is 1. The molecule has 1 amide bonds. The first-order valence-electron chi connectivity index (χ1n) is 6.63. The molecule has 1 saturated heterocycles. The zero-order valence-corrected chi connectivity index (χ0v) is 11.8. The van der Waals surface area contributed by atoms with Crippen molar-refractivity contribution in [2.75, 3.05) is 20.2 Å². The Bertz CT molecular complexity index is 511. The van der Waals surface area contributed by atoms with Crippen LogP contribution >= 0.6 is 0 Å². The van der Waals surface area contributed by atoms with Crippen molar-refractivity contribution in [1.29, 1.82) is 0 Å². The zero-order chi connectivity index (χ0) is 14.8. The first-order chi connectivity index (χ1) is 9.48. The summed E-state index contributed by atoms with van der Waals surface area (Å²) < 4.78 is 5.18. The summed E-state index contributed by atoms with van der Waals surface area (Å²) in [5, 5.41) is 9.33. The molecule has 1 aromatic carbocycles. The maximum absolute atomic E-state index is 12.4. The average Bonchev–Trinajstić information content (AvgIpc) is 2.47. The highest BCUT2D eigenvalue weighted by Crippen LogP contribution is 2.26. The van der Waals surface area contributed by atoms with E-state index in [4.69, 9.17) is 4.74 Å². The van der Waals surface area contributed by atoms with Gasteiger partial charge in [-0.3, -0.25) is 4.79 Å². The minimum Gasteiger partial charge on any atom is -0.479 e. The van der Waals surface area contributed by atoms with Crippen molar-refractivity contribution < 1.29 is 19.4 Å². The Morgan fingerprint density at radius 3 is 2.50 bits per heavy atom. The predicted octanol–water partition coefficient (Wildman–Crippen LogP) is 1.70. The van der Waals surface area contributed by atoms with Crippen LogP contribution in [0.1, 0.15) is 28.8 Å². The van der Waals surface area contributed by atoms with Crippen molar-refractivity contribution in [2.45, 2.75) is 25.4 Å². The Kier molecular flexibility index (Phi) is 4.09. The number of aryl methyl sites for hydroxylation is 1. The minimum atomic E-state index is -1.28. The lowest BCUT2D eigenvalue weighted by Crippen LogP contribution is -2.55. The highest BCUT2D eigenvalue weighted by Gasteiger charge is 2.44. The Morgan fingerprint density at radius 1 is 1.30 bits per heavy atom. The van der Waals surface area contributed by atoms with Gasteiger partial charge in [-0.15, -0.1) is 0 Å². The van der Waals surface area contributed by atoms with Gasteiger partial charge in [0, 0.05) is 19.2 Å². The van der Waals surface area contributed by atoms with Crippen LogP contribution < -0.4 is 0 Å². The van der Waals surface area contributed by atoms with Gasteiger partial charge in [-0.05, 0) is 31.9 Å². The lowest BCUT2D eigenvalue weighted by atomic mass is 9.92. The number of methoxy groups -OCH3 is 1. The second kappa shape index (κ2) is 5.63. The number of carboxylic acids is 1. The van der Waals surface area contributed by atoms with Gasteiger partial charge in [0.25, 0.3) is 5.91 Å². The molecular weight excluding hydrogens is 258 g/mol. The van der Waals surface area contributed by atoms with E-state index in [1.807, 2.05) is 19.1 Å². The summed E-state index contributed by atoms with van der Waals surface area (Å²) in [5.41, 5.74) is 0.378. The third kappa shape index (κ3) is 2.67. The molecule has 1 aliphatic heterocycles. The van der Waals surface area contributed by atoms with Crippen LogP contribution in [0.15, 0.2) is 24.3 Å². The van der Waals surface area contributed by atoms with Crippen LogP contribution in [0.4, 0.5) is 0 Å². The topological polar surface area (TPSA) is 66.8 Å². The number of ether oxygens (including phenoxy) is 1. The molecule has 20 heavy (non-hydrogen) atoms. The highest BCUT2D eigenvalue weighted by atomic mass is 16.5. The monoisotopic (exact) mass is 277 g/mol. The number of benzene rings is 1. The number of carbonyl (C=O) groups excluding carboxylic acids is 1. The van der Waals surface area contributed by atoms with Crippen molar-refractivity contribution in [3.05, 3.63) is 35.4 Å². The van der Waals surface area contributed by atoms with E-state index >= 15 is 0 Å². The Hall–Kier alpha value is -1.88. The maximum Gasteiger partial charge on any atom is 0.337 e. The molecule has 1 heterocycles. The van der Waals surface area contributed by atoms with E-state index in [0.717, 1.165) is 5.56 Å².